The van der Waals surface area contributed by atoms with Crippen LogP contribution < -0.4 is 10.6 Å². The fourth-order valence-electron chi connectivity index (χ4n) is 2.49. The molecule has 18 heavy (non-hydrogen) atoms. The Morgan fingerprint density at radius 3 is 2.94 bits per heavy atom. The number of nitrogens with zero attached hydrogens (tertiary/aromatic N) is 2. The van der Waals surface area contributed by atoms with Crippen molar-refractivity contribution in [2.45, 2.75) is 38.6 Å². The predicted octanol–water partition coefficient (Wildman–Crippen LogP) is 1.05. The molecule has 1 atom stereocenters. The molecular formula is C14H26N4. The number of rotatable bonds is 5. The van der Waals surface area contributed by atoms with E-state index in [9.17, 15) is 0 Å². The smallest absolute Gasteiger partial charge is 0.191 e. The summed E-state index contributed by atoms with van der Waals surface area (Å²) in [5, 5.41) is 6.36. The van der Waals surface area contributed by atoms with E-state index in [-0.39, 0.29) is 0 Å². The maximum absolute atomic E-state index is 5.21. The quantitative estimate of drug-likeness (QED) is 0.435. The molecule has 0 amide bonds. The Morgan fingerprint density at radius 2 is 2.28 bits per heavy atom. The monoisotopic (exact) mass is 250 g/mol. The molecule has 2 N–H and O–H groups in total. The molecule has 1 rings (SSSR count). The molecule has 0 bridgehead atoms. The van der Waals surface area contributed by atoms with Crippen molar-refractivity contribution in [3.8, 4) is 12.3 Å². The minimum Gasteiger partial charge on any atom is -0.355 e. The van der Waals surface area contributed by atoms with Crippen molar-refractivity contribution < 1.29 is 0 Å². The zero-order chi connectivity index (χ0) is 13.2. The van der Waals surface area contributed by atoms with Gasteiger partial charge in [-0.05, 0) is 25.8 Å². The second kappa shape index (κ2) is 8.82. The molecule has 0 radical (unpaired) electrons. The normalized spacial score (nSPS) is 21.4. The van der Waals surface area contributed by atoms with Crippen LogP contribution >= 0.6 is 0 Å². The Kier molecular flexibility index (Phi) is 7.28. The number of hydrogen-bond acceptors (Lipinski definition) is 2. The Morgan fingerprint density at radius 1 is 1.44 bits per heavy atom. The van der Waals surface area contributed by atoms with Gasteiger partial charge >= 0.3 is 0 Å². The van der Waals surface area contributed by atoms with Crippen molar-refractivity contribution in [1.82, 2.24) is 15.5 Å². The zero-order valence-corrected chi connectivity index (χ0v) is 11.7. The van der Waals surface area contributed by atoms with Gasteiger partial charge in [-0.2, -0.15) is 0 Å². The molecule has 0 aromatic heterocycles. The summed E-state index contributed by atoms with van der Waals surface area (Å²) >= 11 is 0. The summed E-state index contributed by atoms with van der Waals surface area (Å²) in [6.07, 6.45) is 10.5. The van der Waals surface area contributed by atoms with Gasteiger partial charge in [0.2, 0.25) is 0 Å². The predicted molar refractivity (Wildman–Crippen MR) is 77.7 cm³/mol. The lowest BCUT2D eigenvalue weighted by molar-refractivity contribution is 0.147. The van der Waals surface area contributed by atoms with E-state index in [1.54, 1.807) is 7.05 Å². The minimum atomic E-state index is 0.515. The lowest BCUT2D eigenvalue weighted by Gasteiger charge is -2.35. The fraction of sp³-hybridized carbons (Fsp3) is 0.786. The Hall–Kier alpha value is -1.21. The molecule has 1 aliphatic heterocycles. The summed E-state index contributed by atoms with van der Waals surface area (Å²) in [6.45, 7) is 6.03. The van der Waals surface area contributed by atoms with Crippen LogP contribution in [-0.4, -0.2) is 50.1 Å². The maximum Gasteiger partial charge on any atom is 0.191 e. The van der Waals surface area contributed by atoms with E-state index in [0.717, 1.165) is 25.1 Å². The number of likely N-dealkylation sites (tertiary alicyclic amines) is 1. The second-order valence-electron chi connectivity index (χ2n) is 4.65. The largest absolute Gasteiger partial charge is 0.355 e. The van der Waals surface area contributed by atoms with Gasteiger partial charge in [0.15, 0.2) is 5.96 Å². The molecule has 102 valence electrons. The van der Waals surface area contributed by atoms with E-state index in [0.29, 0.717) is 6.54 Å². The third-order valence-corrected chi connectivity index (χ3v) is 3.49. The molecular weight excluding hydrogens is 224 g/mol. The highest BCUT2D eigenvalue weighted by Crippen LogP contribution is 2.18. The van der Waals surface area contributed by atoms with Crippen molar-refractivity contribution in [3.05, 3.63) is 0 Å². The first kappa shape index (κ1) is 14.8. The molecule has 0 aromatic carbocycles. The summed E-state index contributed by atoms with van der Waals surface area (Å²) < 4.78 is 0. The zero-order valence-electron chi connectivity index (χ0n) is 11.7. The van der Waals surface area contributed by atoms with Crippen LogP contribution in [0.4, 0.5) is 0 Å². The van der Waals surface area contributed by atoms with E-state index < -0.39 is 0 Å². The van der Waals surface area contributed by atoms with E-state index in [1.807, 2.05) is 0 Å². The molecule has 4 nitrogen and oxygen atoms in total. The average Bonchev–Trinajstić information content (AvgIpc) is 2.43. The topological polar surface area (TPSA) is 39.7 Å². The van der Waals surface area contributed by atoms with Crippen molar-refractivity contribution in [1.29, 1.82) is 0 Å². The number of terminal acetylenes is 1. The van der Waals surface area contributed by atoms with Gasteiger partial charge < -0.3 is 10.6 Å². The molecule has 4 heteroatoms. The van der Waals surface area contributed by atoms with Crippen LogP contribution in [0.2, 0.25) is 0 Å². The van der Waals surface area contributed by atoms with Crippen LogP contribution in [-0.2, 0) is 0 Å². The van der Waals surface area contributed by atoms with Gasteiger partial charge in [-0.3, -0.25) is 9.89 Å². The molecule has 1 heterocycles. The summed E-state index contributed by atoms with van der Waals surface area (Å²) in [5.41, 5.74) is 0. The Labute approximate surface area is 111 Å². The van der Waals surface area contributed by atoms with E-state index in [1.165, 1.54) is 32.2 Å². The third-order valence-electron chi connectivity index (χ3n) is 3.49. The van der Waals surface area contributed by atoms with E-state index in [2.05, 4.69) is 33.4 Å². The minimum absolute atomic E-state index is 0.515. The number of guanidine groups is 1. The molecule has 0 aromatic rings. The molecule has 1 unspecified atom stereocenters. The lowest BCUT2D eigenvalue weighted by atomic mass is 10.0. The Bertz CT molecular complexity index is 293. The first-order valence-electron chi connectivity index (χ1n) is 6.93. The van der Waals surface area contributed by atoms with Crippen molar-refractivity contribution >= 4 is 5.96 Å². The summed E-state index contributed by atoms with van der Waals surface area (Å²) in [4.78, 5) is 6.72. The van der Waals surface area contributed by atoms with Crippen molar-refractivity contribution in [3.63, 3.8) is 0 Å². The summed E-state index contributed by atoms with van der Waals surface area (Å²) in [7, 11) is 1.77. The van der Waals surface area contributed by atoms with Gasteiger partial charge in [0.1, 0.15) is 0 Å². The van der Waals surface area contributed by atoms with Crippen LogP contribution in [0.25, 0.3) is 0 Å². The number of nitrogens with one attached hydrogen (secondary N) is 2. The first-order valence-corrected chi connectivity index (χ1v) is 6.93. The highest BCUT2D eigenvalue weighted by Gasteiger charge is 2.19. The highest BCUT2D eigenvalue weighted by molar-refractivity contribution is 5.79. The van der Waals surface area contributed by atoms with Gasteiger partial charge in [-0.25, -0.2) is 0 Å². The second-order valence-corrected chi connectivity index (χ2v) is 4.65. The van der Waals surface area contributed by atoms with Crippen LogP contribution in [0.5, 0.6) is 0 Å². The lowest BCUT2D eigenvalue weighted by Crippen LogP contribution is -2.45. The van der Waals surface area contributed by atoms with Crippen LogP contribution in [0.1, 0.15) is 32.6 Å². The Balaban J connectivity index is 2.25. The molecule has 1 aliphatic rings. The fourth-order valence-corrected chi connectivity index (χ4v) is 2.49. The SMILES string of the molecule is C#CCNC(=NC)NCCN1CCCCC1CC. The third kappa shape index (κ3) is 4.97. The number of hydrogen-bond donors (Lipinski definition) is 2. The van der Waals surface area contributed by atoms with Crippen molar-refractivity contribution in [2.75, 3.05) is 33.2 Å². The van der Waals surface area contributed by atoms with Gasteiger partial charge in [0.25, 0.3) is 0 Å². The molecule has 1 fully saturated rings. The average molecular weight is 250 g/mol. The maximum atomic E-state index is 5.21. The van der Waals surface area contributed by atoms with Crippen LogP contribution in [0.3, 0.4) is 0 Å². The number of piperidine rings is 1. The van der Waals surface area contributed by atoms with E-state index in [4.69, 9.17) is 6.42 Å². The van der Waals surface area contributed by atoms with Gasteiger partial charge in [-0.1, -0.05) is 19.3 Å². The summed E-state index contributed by atoms with van der Waals surface area (Å²) in [5.74, 6) is 3.34. The first-order chi connectivity index (χ1) is 8.81. The van der Waals surface area contributed by atoms with Gasteiger partial charge in [0.05, 0.1) is 6.54 Å². The van der Waals surface area contributed by atoms with Gasteiger partial charge in [-0.15, -0.1) is 6.42 Å². The molecule has 0 saturated carbocycles. The van der Waals surface area contributed by atoms with Crippen LogP contribution in [0.15, 0.2) is 4.99 Å². The van der Waals surface area contributed by atoms with Gasteiger partial charge in [0, 0.05) is 26.2 Å². The molecule has 1 saturated heterocycles. The summed E-state index contributed by atoms with van der Waals surface area (Å²) in [6, 6.07) is 0.765. The highest BCUT2D eigenvalue weighted by atomic mass is 15.2. The van der Waals surface area contributed by atoms with Crippen molar-refractivity contribution in [2.24, 2.45) is 4.99 Å². The number of aliphatic imine (C=N–C) groups is 1. The molecule has 0 spiro atoms. The standard InChI is InChI=1S/C14H26N4/c1-4-9-16-14(15-3)17-10-12-18-11-7-6-8-13(18)5-2/h1,13H,5-12H2,2-3H3,(H2,15,16,17). The van der Waals surface area contributed by atoms with E-state index >= 15 is 0 Å². The van der Waals surface area contributed by atoms with Crippen LogP contribution in [0, 0.1) is 12.3 Å². The molecule has 0 aliphatic carbocycles.